The van der Waals surface area contributed by atoms with Gasteiger partial charge in [-0.3, -0.25) is 10.1 Å². The zero-order valence-corrected chi connectivity index (χ0v) is 11.2. The van der Waals surface area contributed by atoms with Gasteiger partial charge in [0.2, 0.25) is 5.82 Å². The SMILES string of the molecule is Cc1c(-c2ccc(OC(F)(F)F)cc2)cnc(N)c1[N+](=O)[O-]. The number of nitrogens with two attached hydrogens (primary N) is 1. The van der Waals surface area contributed by atoms with Crippen LogP contribution in [0.5, 0.6) is 5.75 Å². The first kappa shape index (κ1) is 15.5. The number of ether oxygens (including phenoxy) is 1. The van der Waals surface area contributed by atoms with Crippen LogP contribution >= 0.6 is 0 Å². The van der Waals surface area contributed by atoms with E-state index in [1.807, 2.05) is 0 Å². The number of nitro groups is 1. The van der Waals surface area contributed by atoms with Crippen molar-refractivity contribution in [3.05, 3.63) is 46.1 Å². The Labute approximate surface area is 122 Å². The molecule has 0 aliphatic rings. The third-order valence-corrected chi connectivity index (χ3v) is 2.92. The lowest BCUT2D eigenvalue weighted by Crippen LogP contribution is -2.16. The van der Waals surface area contributed by atoms with Crippen LogP contribution in [0.2, 0.25) is 0 Å². The molecule has 2 aromatic rings. The lowest BCUT2D eigenvalue weighted by molar-refractivity contribution is -0.384. The van der Waals surface area contributed by atoms with Crippen molar-refractivity contribution in [3.8, 4) is 16.9 Å². The Bertz CT molecular complexity index is 715. The molecule has 22 heavy (non-hydrogen) atoms. The number of anilines is 1. The molecule has 0 fully saturated rings. The van der Waals surface area contributed by atoms with Crippen molar-refractivity contribution in [2.45, 2.75) is 13.3 Å². The maximum atomic E-state index is 12.1. The minimum atomic E-state index is -4.78. The van der Waals surface area contributed by atoms with E-state index in [2.05, 4.69) is 9.72 Å². The van der Waals surface area contributed by atoms with Crippen LogP contribution in [-0.4, -0.2) is 16.3 Å². The Morgan fingerprint density at radius 1 is 1.27 bits per heavy atom. The smallest absolute Gasteiger partial charge is 0.406 e. The van der Waals surface area contributed by atoms with E-state index in [-0.39, 0.29) is 22.8 Å². The maximum absolute atomic E-state index is 12.1. The highest BCUT2D eigenvalue weighted by Crippen LogP contribution is 2.33. The van der Waals surface area contributed by atoms with E-state index >= 15 is 0 Å². The van der Waals surface area contributed by atoms with Crippen LogP contribution in [-0.2, 0) is 0 Å². The topological polar surface area (TPSA) is 91.3 Å². The third kappa shape index (κ3) is 3.25. The number of benzene rings is 1. The first-order valence-corrected chi connectivity index (χ1v) is 5.94. The zero-order valence-electron chi connectivity index (χ0n) is 11.2. The van der Waals surface area contributed by atoms with Gasteiger partial charge < -0.3 is 10.5 Å². The Kier molecular flexibility index (Phi) is 3.89. The highest BCUT2D eigenvalue weighted by atomic mass is 19.4. The van der Waals surface area contributed by atoms with Gasteiger partial charge in [-0.25, -0.2) is 4.98 Å². The van der Waals surface area contributed by atoms with Crippen molar-refractivity contribution in [1.82, 2.24) is 4.98 Å². The van der Waals surface area contributed by atoms with Crippen LogP contribution in [0, 0.1) is 17.0 Å². The summed E-state index contributed by atoms with van der Waals surface area (Å²) >= 11 is 0. The van der Waals surface area contributed by atoms with Crippen LogP contribution in [0.25, 0.3) is 11.1 Å². The van der Waals surface area contributed by atoms with Crippen molar-refractivity contribution >= 4 is 11.5 Å². The van der Waals surface area contributed by atoms with E-state index in [9.17, 15) is 23.3 Å². The molecule has 0 saturated heterocycles. The highest BCUT2D eigenvalue weighted by Gasteiger charge is 2.31. The number of rotatable bonds is 3. The molecule has 6 nitrogen and oxygen atoms in total. The van der Waals surface area contributed by atoms with Crippen LogP contribution in [0.15, 0.2) is 30.5 Å². The molecular weight excluding hydrogens is 303 g/mol. The summed E-state index contributed by atoms with van der Waals surface area (Å²) in [5, 5.41) is 11.0. The first-order valence-electron chi connectivity index (χ1n) is 5.94. The molecule has 2 rings (SSSR count). The van der Waals surface area contributed by atoms with Crippen LogP contribution in [0.1, 0.15) is 5.56 Å². The van der Waals surface area contributed by atoms with E-state index in [0.29, 0.717) is 11.1 Å². The molecule has 0 amide bonds. The number of halogens is 3. The number of hydrogen-bond donors (Lipinski definition) is 1. The lowest BCUT2D eigenvalue weighted by Gasteiger charge is -2.10. The molecule has 1 heterocycles. The summed E-state index contributed by atoms with van der Waals surface area (Å²) < 4.78 is 40.0. The zero-order chi connectivity index (χ0) is 16.5. The van der Waals surface area contributed by atoms with Gasteiger partial charge in [-0.15, -0.1) is 13.2 Å². The van der Waals surface area contributed by atoms with Gasteiger partial charge in [-0.05, 0) is 24.6 Å². The molecule has 0 bridgehead atoms. The summed E-state index contributed by atoms with van der Waals surface area (Å²) in [7, 11) is 0. The number of pyridine rings is 1. The largest absolute Gasteiger partial charge is 0.573 e. The summed E-state index contributed by atoms with van der Waals surface area (Å²) in [6, 6.07) is 4.94. The Balaban J connectivity index is 2.41. The summed E-state index contributed by atoms with van der Waals surface area (Å²) in [5.74, 6) is -0.602. The molecule has 116 valence electrons. The highest BCUT2D eigenvalue weighted by molar-refractivity contribution is 5.74. The molecule has 0 atom stereocenters. The molecule has 1 aromatic heterocycles. The Morgan fingerprint density at radius 2 is 1.86 bits per heavy atom. The second kappa shape index (κ2) is 5.51. The van der Waals surface area contributed by atoms with Gasteiger partial charge in [0.1, 0.15) is 5.75 Å². The normalized spacial score (nSPS) is 11.3. The molecule has 0 unspecified atom stereocenters. The predicted molar refractivity (Wildman–Crippen MR) is 72.2 cm³/mol. The molecule has 0 spiro atoms. The van der Waals surface area contributed by atoms with Crippen LogP contribution < -0.4 is 10.5 Å². The average molecular weight is 313 g/mol. The van der Waals surface area contributed by atoms with Crippen molar-refractivity contribution in [1.29, 1.82) is 0 Å². The molecule has 2 N–H and O–H groups in total. The molecular formula is C13H10F3N3O3. The third-order valence-electron chi connectivity index (χ3n) is 2.92. The number of alkyl halides is 3. The number of nitrogens with zero attached hydrogens (tertiary/aromatic N) is 2. The molecule has 1 aromatic carbocycles. The fourth-order valence-electron chi connectivity index (χ4n) is 1.97. The van der Waals surface area contributed by atoms with Gasteiger partial charge in [0.25, 0.3) is 0 Å². The van der Waals surface area contributed by atoms with Gasteiger partial charge in [-0.1, -0.05) is 12.1 Å². The Hall–Kier alpha value is -2.84. The Morgan fingerprint density at radius 3 is 2.36 bits per heavy atom. The van der Waals surface area contributed by atoms with Gasteiger partial charge in [0, 0.05) is 17.3 Å². The standard InChI is InChI=1S/C13H10F3N3O3/c1-7-10(6-18-12(17)11(7)19(20)21)8-2-4-9(5-3-8)22-13(14,15)16/h2-6H,1H3,(H2,17,18). The summed E-state index contributed by atoms with van der Waals surface area (Å²) in [5.41, 5.74) is 6.28. The molecule has 0 radical (unpaired) electrons. The number of nitrogen functional groups attached to an aromatic ring is 1. The second-order valence-corrected chi connectivity index (χ2v) is 4.36. The van der Waals surface area contributed by atoms with E-state index in [4.69, 9.17) is 5.73 Å². The lowest BCUT2D eigenvalue weighted by atomic mass is 10.0. The molecule has 0 saturated carbocycles. The maximum Gasteiger partial charge on any atom is 0.573 e. The first-order chi connectivity index (χ1) is 10.2. The van der Waals surface area contributed by atoms with E-state index < -0.39 is 11.3 Å². The van der Waals surface area contributed by atoms with Gasteiger partial charge in [0.15, 0.2) is 0 Å². The van der Waals surface area contributed by atoms with Crippen molar-refractivity contribution < 1.29 is 22.8 Å². The van der Waals surface area contributed by atoms with Crippen molar-refractivity contribution in [2.75, 3.05) is 5.73 Å². The van der Waals surface area contributed by atoms with E-state index in [0.717, 1.165) is 12.1 Å². The summed E-state index contributed by atoms with van der Waals surface area (Å²) in [6.45, 7) is 1.49. The van der Waals surface area contributed by atoms with Gasteiger partial charge in [-0.2, -0.15) is 0 Å². The van der Waals surface area contributed by atoms with E-state index in [1.54, 1.807) is 0 Å². The van der Waals surface area contributed by atoms with Crippen molar-refractivity contribution in [2.24, 2.45) is 0 Å². The monoisotopic (exact) mass is 313 g/mol. The van der Waals surface area contributed by atoms with Crippen LogP contribution in [0.3, 0.4) is 0 Å². The second-order valence-electron chi connectivity index (χ2n) is 4.36. The van der Waals surface area contributed by atoms with Crippen molar-refractivity contribution in [3.63, 3.8) is 0 Å². The quantitative estimate of drug-likeness (QED) is 0.692. The minimum absolute atomic E-state index is 0.219. The minimum Gasteiger partial charge on any atom is -0.406 e. The molecule has 0 aliphatic carbocycles. The predicted octanol–water partition coefficient (Wildman–Crippen LogP) is 3.45. The average Bonchev–Trinajstić information content (AvgIpc) is 2.38. The van der Waals surface area contributed by atoms with Crippen LogP contribution in [0.4, 0.5) is 24.7 Å². The van der Waals surface area contributed by atoms with Gasteiger partial charge in [0.05, 0.1) is 4.92 Å². The number of aromatic nitrogens is 1. The summed E-state index contributed by atoms with van der Waals surface area (Å²) in [4.78, 5) is 14.1. The van der Waals surface area contributed by atoms with Gasteiger partial charge >= 0.3 is 12.0 Å². The fraction of sp³-hybridized carbons (Fsp3) is 0.154. The molecule has 0 aliphatic heterocycles. The summed E-state index contributed by atoms with van der Waals surface area (Å²) in [6.07, 6.45) is -3.45. The fourth-order valence-corrected chi connectivity index (χ4v) is 1.97. The molecule has 9 heteroatoms. The number of hydrogen-bond acceptors (Lipinski definition) is 5. The van der Waals surface area contributed by atoms with E-state index in [1.165, 1.54) is 25.3 Å².